The molecule has 0 saturated carbocycles. The summed E-state index contributed by atoms with van der Waals surface area (Å²) in [5.41, 5.74) is 3.42. The van der Waals surface area contributed by atoms with Crippen LogP contribution in [0.5, 0.6) is 5.88 Å². The third-order valence-electron chi connectivity index (χ3n) is 6.09. The van der Waals surface area contributed by atoms with Gasteiger partial charge in [0.05, 0.1) is 11.7 Å². The molecule has 0 radical (unpaired) electrons. The molecule has 1 aliphatic rings. The lowest BCUT2D eigenvalue weighted by molar-refractivity contribution is 0.409. The van der Waals surface area contributed by atoms with E-state index in [1.807, 2.05) is 36.4 Å². The number of aromatic hydroxyl groups is 1. The minimum atomic E-state index is -0.670. The minimum absolute atomic E-state index is 0.125. The highest BCUT2D eigenvalue weighted by Crippen LogP contribution is 2.35. The van der Waals surface area contributed by atoms with E-state index in [1.54, 1.807) is 12.1 Å². The average molecular weight is 416 g/mol. The second-order valence-electron chi connectivity index (χ2n) is 8.28. The van der Waals surface area contributed by atoms with Crippen LogP contribution in [0.25, 0.3) is 16.6 Å². The fourth-order valence-corrected chi connectivity index (χ4v) is 4.47. The van der Waals surface area contributed by atoms with E-state index in [0.717, 1.165) is 38.7 Å². The van der Waals surface area contributed by atoms with Gasteiger partial charge in [-0.05, 0) is 41.7 Å². The highest BCUT2D eigenvalue weighted by atomic mass is 16.3. The van der Waals surface area contributed by atoms with Crippen LogP contribution in [0.4, 0.5) is 0 Å². The van der Waals surface area contributed by atoms with Gasteiger partial charge in [-0.15, -0.1) is 0 Å². The quantitative estimate of drug-likeness (QED) is 0.412. The van der Waals surface area contributed by atoms with Crippen molar-refractivity contribution in [1.82, 2.24) is 19.9 Å². The monoisotopic (exact) mass is 416 g/mol. The Bertz CT molecular complexity index is 1390. The first-order chi connectivity index (χ1) is 15.0. The molecule has 7 heteroatoms. The molecule has 5 rings (SSSR count). The number of aromatic nitrogens is 3. The number of fused-ring (bicyclic) bond motifs is 3. The number of benzene rings is 2. The number of H-pyrrole nitrogens is 2. The maximum atomic E-state index is 12.8. The standard InChI is InChI=1S/C24H24N4O3/c1-13(2)14-7-9-15(10-8-14)28-23(30)19(22(29)27-24(28)31)21-20-17(11-12-25-21)16-5-3-4-6-18(16)26-20/h3-10,13,21,25-26,30H,11-12H2,1-2H3,(H,27,29,31)/t21-/m0/s1. The van der Waals surface area contributed by atoms with Gasteiger partial charge in [0.15, 0.2) is 0 Å². The lowest BCUT2D eigenvalue weighted by Gasteiger charge is -2.25. The molecular formula is C24H24N4O3. The minimum Gasteiger partial charge on any atom is -0.494 e. The van der Waals surface area contributed by atoms with Gasteiger partial charge in [-0.2, -0.15) is 0 Å². The average Bonchev–Trinajstić information content (AvgIpc) is 3.13. The summed E-state index contributed by atoms with van der Waals surface area (Å²) >= 11 is 0. The molecule has 31 heavy (non-hydrogen) atoms. The van der Waals surface area contributed by atoms with Crippen LogP contribution >= 0.6 is 0 Å². The maximum Gasteiger partial charge on any atom is 0.335 e. The van der Waals surface area contributed by atoms with Crippen molar-refractivity contribution in [2.75, 3.05) is 6.54 Å². The van der Waals surface area contributed by atoms with Crippen molar-refractivity contribution in [2.24, 2.45) is 0 Å². The van der Waals surface area contributed by atoms with Gasteiger partial charge in [-0.3, -0.25) is 9.78 Å². The van der Waals surface area contributed by atoms with Gasteiger partial charge in [0, 0.05) is 23.1 Å². The molecule has 0 saturated heterocycles. The topological polar surface area (TPSA) is 103 Å². The molecule has 4 N–H and O–H groups in total. The van der Waals surface area contributed by atoms with Crippen LogP contribution in [-0.2, 0) is 6.42 Å². The molecule has 0 unspecified atom stereocenters. The molecule has 0 fully saturated rings. The highest BCUT2D eigenvalue weighted by molar-refractivity contribution is 5.85. The first-order valence-electron chi connectivity index (χ1n) is 10.5. The summed E-state index contributed by atoms with van der Waals surface area (Å²) in [5.74, 6) is -0.00701. The highest BCUT2D eigenvalue weighted by Gasteiger charge is 2.31. The Morgan fingerprint density at radius 1 is 1.03 bits per heavy atom. The van der Waals surface area contributed by atoms with Gasteiger partial charge in [0.25, 0.3) is 5.56 Å². The molecule has 0 bridgehead atoms. The summed E-state index contributed by atoms with van der Waals surface area (Å²) in [4.78, 5) is 31.2. The van der Waals surface area contributed by atoms with E-state index in [-0.39, 0.29) is 11.4 Å². The van der Waals surface area contributed by atoms with E-state index < -0.39 is 17.3 Å². The van der Waals surface area contributed by atoms with Gasteiger partial charge >= 0.3 is 5.69 Å². The predicted octanol–water partition coefficient (Wildman–Crippen LogP) is 3.07. The SMILES string of the molecule is CC(C)c1ccc(-n2c(O)c([C@@H]3NCCc4c3[nH]c3ccccc43)c(=O)[nH]c2=O)cc1. The molecule has 4 aromatic rings. The van der Waals surface area contributed by atoms with Crippen LogP contribution in [0.2, 0.25) is 0 Å². The Morgan fingerprint density at radius 2 is 1.77 bits per heavy atom. The zero-order valence-corrected chi connectivity index (χ0v) is 17.4. The first kappa shape index (κ1) is 19.4. The summed E-state index contributed by atoms with van der Waals surface area (Å²) in [5, 5.41) is 15.6. The van der Waals surface area contributed by atoms with E-state index in [2.05, 4.69) is 29.1 Å². The molecule has 1 aliphatic heterocycles. The van der Waals surface area contributed by atoms with E-state index in [1.165, 1.54) is 0 Å². The van der Waals surface area contributed by atoms with Crippen molar-refractivity contribution >= 4 is 10.9 Å². The van der Waals surface area contributed by atoms with E-state index in [9.17, 15) is 14.7 Å². The smallest absolute Gasteiger partial charge is 0.335 e. The van der Waals surface area contributed by atoms with Crippen molar-refractivity contribution in [3.63, 3.8) is 0 Å². The number of rotatable bonds is 3. The zero-order chi connectivity index (χ0) is 21.7. The third kappa shape index (κ3) is 3.09. The molecular weight excluding hydrogens is 392 g/mol. The molecule has 0 spiro atoms. The Kier molecular flexibility index (Phi) is 4.55. The lowest BCUT2D eigenvalue weighted by atomic mass is 9.95. The van der Waals surface area contributed by atoms with Gasteiger partial charge in [-0.25, -0.2) is 9.36 Å². The number of para-hydroxylation sites is 1. The van der Waals surface area contributed by atoms with Gasteiger partial charge in [0.2, 0.25) is 5.88 Å². The summed E-state index contributed by atoms with van der Waals surface area (Å²) in [6, 6.07) is 14.8. The third-order valence-corrected chi connectivity index (χ3v) is 6.09. The number of hydrogen-bond donors (Lipinski definition) is 4. The summed E-state index contributed by atoms with van der Waals surface area (Å²) in [7, 11) is 0. The van der Waals surface area contributed by atoms with E-state index in [0.29, 0.717) is 18.2 Å². The second-order valence-corrected chi connectivity index (χ2v) is 8.28. The van der Waals surface area contributed by atoms with Crippen LogP contribution in [0, 0.1) is 0 Å². The van der Waals surface area contributed by atoms with Crippen molar-refractivity contribution in [3.8, 4) is 11.6 Å². The zero-order valence-electron chi connectivity index (χ0n) is 17.4. The number of hydrogen-bond acceptors (Lipinski definition) is 4. The summed E-state index contributed by atoms with van der Waals surface area (Å²) < 4.78 is 1.15. The molecule has 7 nitrogen and oxygen atoms in total. The number of nitrogens with zero attached hydrogens (tertiary/aromatic N) is 1. The Morgan fingerprint density at radius 3 is 2.52 bits per heavy atom. The second kappa shape index (κ2) is 7.28. The number of aromatic amines is 2. The number of nitrogens with one attached hydrogen (secondary N) is 3. The molecule has 1 atom stereocenters. The molecule has 158 valence electrons. The van der Waals surface area contributed by atoms with Gasteiger partial charge in [0.1, 0.15) is 5.56 Å². The van der Waals surface area contributed by atoms with Crippen LogP contribution in [-0.4, -0.2) is 26.2 Å². The van der Waals surface area contributed by atoms with Crippen LogP contribution < -0.4 is 16.6 Å². The molecule has 2 aromatic heterocycles. The van der Waals surface area contributed by atoms with Crippen molar-refractivity contribution in [3.05, 3.63) is 91.8 Å². The fourth-order valence-electron chi connectivity index (χ4n) is 4.47. The van der Waals surface area contributed by atoms with Crippen molar-refractivity contribution in [1.29, 1.82) is 0 Å². The Labute approximate surface area is 178 Å². The van der Waals surface area contributed by atoms with Gasteiger partial charge < -0.3 is 15.4 Å². The van der Waals surface area contributed by atoms with Crippen molar-refractivity contribution < 1.29 is 5.11 Å². The van der Waals surface area contributed by atoms with Crippen LogP contribution in [0.1, 0.15) is 48.2 Å². The lowest BCUT2D eigenvalue weighted by Crippen LogP contribution is -2.38. The van der Waals surface area contributed by atoms with E-state index >= 15 is 0 Å². The van der Waals surface area contributed by atoms with E-state index in [4.69, 9.17) is 0 Å². The molecule has 0 amide bonds. The van der Waals surface area contributed by atoms with Gasteiger partial charge in [-0.1, -0.05) is 44.2 Å². The molecule has 0 aliphatic carbocycles. The largest absolute Gasteiger partial charge is 0.494 e. The summed E-state index contributed by atoms with van der Waals surface area (Å²) in [6.07, 6.45) is 0.810. The predicted molar refractivity (Wildman–Crippen MR) is 120 cm³/mol. The normalized spacial score (nSPS) is 16.0. The summed E-state index contributed by atoms with van der Waals surface area (Å²) in [6.45, 7) is 4.83. The Hall–Kier alpha value is -3.58. The molecule has 2 aromatic carbocycles. The maximum absolute atomic E-state index is 12.8. The Balaban J connectivity index is 1.69. The van der Waals surface area contributed by atoms with Crippen LogP contribution in [0.15, 0.2) is 58.1 Å². The van der Waals surface area contributed by atoms with Crippen LogP contribution in [0.3, 0.4) is 0 Å². The fraction of sp³-hybridized carbons (Fsp3) is 0.250. The first-order valence-corrected chi connectivity index (χ1v) is 10.5. The molecule has 3 heterocycles. The van der Waals surface area contributed by atoms with Crippen molar-refractivity contribution in [2.45, 2.75) is 32.2 Å².